The Morgan fingerprint density at radius 3 is 2.41 bits per heavy atom. The van der Waals surface area contributed by atoms with Gasteiger partial charge in [0.05, 0.1) is 10.6 Å². The monoisotopic (exact) mass is 342 g/mol. The first-order chi connectivity index (χ1) is 10.4. The normalized spacial score (nSPS) is 10.1. The fourth-order valence-corrected chi connectivity index (χ4v) is 2.04. The maximum Gasteiger partial charge on any atom is 0.271 e. The minimum absolute atomic E-state index is 0.00985. The smallest absolute Gasteiger partial charge is 0.271 e. The molecule has 114 valence electrons. The van der Waals surface area contributed by atoms with Gasteiger partial charge in [0.1, 0.15) is 16.8 Å². The lowest BCUT2D eigenvalue weighted by molar-refractivity contribution is 0.0846. The number of anilines is 1. The van der Waals surface area contributed by atoms with E-state index in [1.165, 1.54) is 18.2 Å². The molecule has 1 aromatic heterocycles. The number of nitrogens with one attached hydrogen (secondary N) is 2. The first-order valence-corrected chi connectivity index (χ1v) is 6.61. The molecular formula is C13H9Cl2FN4O2. The number of nitrogen functional groups attached to an aromatic ring is 1. The van der Waals surface area contributed by atoms with E-state index in [0.717, 1.165) is 12.1 Å². The number of nitrogens with zero attached hydrogens (tertiary/aromatic N) is 1. The lowest BCUT2D eigenvalue weighted by atomic mass is 10.2. The second-order valence-corrected chi connectivity index (χ2v) is 4.93. The van der Waals surface area contributed by atoms with Crippen molar-refractivity contribution in [1.29, 1.82) is 0 Å². The summed E-state index contributed by atoms with van der Waals surface area (Å²) in [5.74, 6) is -1.87. The van der Waals surface area contributed by atoms with E-state index in [9.17, 15) is 14.0 Å². The Kier molecular flexibility index (Phi) is 4.79. The highest BCUT2D eigenvalue weighted by Crippen LogP contribution is 2.17. The number of amides is 2. The number of hydrazine groups is 1. The summed E-state index contributed by atoms with van der Waals surface area (Å²) < 4.78 is 12.9. The van der Waals surface area contributed by atoms with Crippen molar-refractivity contribution in [3.05, 3.63) is 57.5 Å². The van der Waals surface area contributed by atoms with E-state index >= 15 is 0 Å². The largest absolute Gasteiger partial charge is 0.384 e. The fraction of sp³-hybridized carbons (Fsp3) is 0. The van der Waals surface area contributed by atoms with Crippen LogP contribution in [0.3, 0.4) is 0 Å². The van der Waals surface area contributed by atoms with Crippen molar-refractivity contribution in [3.8, 4) is 0 Å². The molecule has 2 aromatic rings. The average molecular weight is 343 g/mol. The van der Waals surface area contributed by atoms with Crippen molar-refractivity contribution in [3.63, 3.8) is 0 Å². The Labute approximate surface area is 134 Å². The van der Waals surface area contributed by atoms with E-state index < -0.39 is 17.6 Å². The molecule has 9 heteroatoms. The third-order valence-electron chi connectivity index (χ3n) is 2.54. The van der Waals surface area contributed by atoms with Gasteiger partial charge < -0.3 is 5.73 Å². The standard InChI is InChI=1S/C13H9Cl2FN4O2/c14-9-5-7(16)1-2-8(9)13(22)20-19-12(21)6-3-10(15)18-11(17)4-6/h1-5H,(H2,17,18)(H,19,21)(H,20,22). The van der Waals surface area contributed by atoms with Crippen LogP contribution in [0.15, 0.2) is 30.3 Å². The Bertz CT molecular complexity index is 735. The highest BCUT2D eigenvalue weighted by atomic mass is 35.5. The first kappa shape index (κ1) is 16.0. The molecule has 6 nitrogen and oxygen atoms in total. The quantitative estimate of drug-likeness (QED) is 0.575. The van der Waals surface area contributed by atoms with Crippen LogP contribution >= 0.6 is 23.2 Å². The SMILES string of the molecule is Nc1cc(C(=O)NNC(=O)c2ccc(F)cc2Cl)cc(Cl)n1. The lowest BCUT2D eigenvalue weighted by Gasteiger charge is -2.09. The van der Waals surface area contributed by atoms with Gasteiger partial charge in [-0.1, -0.05) is 23.2 Å². The van der Waals surface area contributed by atoms with E-state index in [4.69, 9.17) is 28.9 Å². The van der Waals surface area contributed by atoms with Gasteiger partial charge in [-0.25, -0.2) is 9.37 Å². The van der Waals surface area contributed by atoms with E-state index in [0.29, 0.717) is 0 Å². The maximum atomic E-state index is 12.9. The number of pyridine rings is 1. The van der Waals surface area contributed by atoms with E-state index in [-0.39, 0.29) is 27.1 Å². The van der Waals surface area contributed by atoms with Gasteiger partial charge in [0.2, 0.25) is 0 Å². The average Bonchev–Trinajstić information content (AvgIpc) is 2.43. The molecule has 22 heavy (non-hydrogen) atoms. The highest BCUT2D eigenvalue weighted by Gasteiger charge is 2.13. The van der Waals surface area contributed by atoms with Crippen molar-refractivity contribution in [2.75, 3.05) is 5.73 Å². The molecule has 0 saturated heterocycles. The maximum absolute atomic E-state index is 12.9. The molecule has 0 radical (unpaired) electrons. The van der Waals surface area contributed by atoms with Gasteiger partial charge in [-0.05, 0) is 30.3 Å². The summed E-state index contributed by atoms with van der Waals surface area (Å²) in [5, 5.41) is -0.0407. The zero-order chi connectivity index (χ0) is 16.3. The minimum Gasteiger partial charge on any atom is -0.384 e. The Hall–Kier alpha value is -2.38. The van der Waals surface area contributed by atoms with Crippen molar-refractivity contribution in [1.82, 2.24) is 15.8 Å². The summed E-state index contributed by atoms with van der Waals surface area (Å²) in [7, 11) is 0. The van der Waals surface area contributed by atoms with Gasteiger partial charge in [-0.3, -0.25) is 20.4 Å². The predicted molar refractivity (Wildman–Crippen MR) is 80.0 cm³/mol. The molecular weight excluding hydrogens is 334 g/mol. The number of rotatable bonds is 2. The zero-order valence-electron chi connectivity index (χ0n) is 10.9. The second-order valence-electron chi connectivity index (χ2n) is 4.14. The lowest BCUT2D eigenvalue weighted by Crippen LogP contribution is -2.41. The summed E-state index contributed by atoms with van der Waals surface area (Å²) in [4.78, 5) is 27.4. The zero-order valence-corrected chi connectivity index (χ0v) is 12.4. The topological polar surface area (TPSA) is 97.1 Å². The Morgan fingerprint density at radius 2 is 1.77 bits per heavy atom. The van der Waals surface area contributed by atoms with Crippen LogP contribution in [0.4, 0.5) is 10.2 Å². The minimum atomic E-state index is -0.702. The number of benzene rings is 1. The number of hydrogen-bond donors (Lipinski definition) is 3. The molecule has 0 bridgehead atoms. The van der Waals surface area contributed by atoms with Crippen molar-refractivity contribution >= 4 is 40.8 Å². The van der Waals surface area contributed by atoms with Crippen LogP contribution < -0.4 is 16.6 Å². The number of hydrogen-bond acceptors (Lipinski definition) is 4. The summed E-state index contributed by atoms with van der Waals surface area (Å²) >= 11 is 11.4. The van der Waals surface area contributed by atoms with Crippen LogP contribution in [-0.2, 0) is 0 Å². The molecule has 0 unspecified atom stereocenters. The fourth-order valence-electron chi connectivity index (χ4n) is 1.57. The molecule has 0 aliphatic heterocycles. The van der Waals surface area contributed by atoms with Crippen LogP contribution in [0.1, 0.15) is 20.7 Å². The highest BCUT2D eigenvalue weighted by molar-refractivity contribution is 6.33. The van der Waals surface area contributed by atoms with Crippen LogP contribution in [0.25, 0.3) is 0 Å². The number of carbonyl (C=O) groups excluding carboxylic acids is 2. The number of aromatic nitrogens is 1. The van der Waals surface area contributed by atoms with Gasteiger partial charge in [-0.2, -0.15) is 0 Å². The van der Waals surface area contributed by atoms with Crippen LogP contribution in [-0.4, -0.2) is 16.8 Å². The van der Waals surface area contributed by atoms with E-state index in [1.807, 2.05) is 0 Å². The van der Waals surface area contributed by atoms with Crippen molar-refractivity contribution in [2.24, 2.45) is 0 Å². The number of nitrogens with two attached hydrogens (primary N) is 1. The van der Waals surface area contributed by atoms with Gasteiger partial charge >= 0.3 is 0 Å². The summed E-state index contributed by atoms with van der Waals surface area (Å²) in [6.45, 7) is 0. The molecule has 1 heterocycles. The summed E-state index contributed by atoms with van der Waals surface area (Å²) in [6, 6.07) is 5.83. The van der Waals surface area contributed by atoms with Crippen molar-refractivity contribution in [2.45, 2.75) is 0 Å². The molecule has 0 saturated carbocycles. The van der Waals surface area contributed by atoms with Crippen LogP contribution in [0.5, 0.6) is 0 Å². The van der Waals surface area contributed by atoms with E-state index in [1.54, 1.807) is 0 Å². The summed E-state index contributed by atoms with van der Waals surface area (Å²) in [6.07, 6.45) is 0. The molecule has 0 aliphatic rings. The summed E-state index contributed by atoms with van der Waals surface area (Å²) in [5.41, 5.74) is 9.89. The molecule has 2 amide bonds. The third kappa shape index (κ3) is 3.84. The van der Waals surface area contributed by atoms with Gasteiger partial charge in [0.15, 0.2) is 0 Å². The molecule has 4 N–H and O–H groups in total. The molecule has 0 aliphatic carbocycles. The Morgan fingerprint density at radius 1 is 1.09 bits per heavy atom. The number of halogens is 3. The van der Waals surface area contributed by atoms with Crippen LogP contribution in [0, 0.1) is 5.82 Å². The van der Waals surface area contributed by atoms with Crippen molar-refractivity contribution < 1.29 is 14.0 Å². The molecule has 0 atom stereocenters. The number of carbonyl (C=O) groups is 2. The molecule has 1 aromatic carbocycles. The van der Waals surface area contributed by atoms with Gasteiger partial charge in [0, 0.05) is 5.56 Å². The van der Waals surface area contributed by atoms with Gasteiger partial charge in [-0.15, -0.1) is 0 Å². The predicted octanol–water partition coefficient (Wildman–Crippen LogP) is 2.18. The molecule has 0 spiro atoms. The Balaban J connectivity index is 2.05. The van der Waals surface area contributed by atoms with E-state index in [2.05, 4.69) is 15.8 Å². The van der Waals surface area contributed by atoms with Crippen LogP contribution in [0.2, 0.25) is 10.2 Å². The first-order valence-electron chi connectivity index (χ1n) is 5.85. The molecule has 2 rings (SSSR count). The second kappa shape index (κ2) is 6.59. The van der Waals surface area contributed by atoms with Gasteiger partial charge in [0.25, 0.3) is 11.8 Å². The molecule has 0 fully saturated rings. The third-order valence-corrected chi connectivity index (χ3v) is 3.05.